The lowest BCUT2D eigenvalue weighted by Crippen LogP contribution is -2.56. The third-order valence-corrected chi connectivity index (χ3v) is 1.83. The Morgan fingerprint density at radius 3 is 2.00 bits per heavy atom. The number of aliphatic hydroxyl groups excluding tert-OH is 4. The van der Waals surface area contributed by atoms with Crippen molar-refractivity contribution in [1.29, 1.82) is 0 Å². The van der Waals surface area contributed by atoms with E-state index in [2.05, 4.69) is 4.74 Å². The second-order valence-corrected chi connectivity index (χ2v) is 2.70. The van der Waals surface area contributed by atoms with Crippen LogP contribution in [0.1, 0.15) is 6.92 Å². The standard InChI is InChI=1S/C6H12O5/c1-2-3(7)4(8)5(9)6(10)11-2/h2-10H,1H3/t2-,3?,4-,5+,6?/m1/s1. The Morgan fingerprint density at radius 1 is 0.909 bits per heavy atom. The van der Waals surface area contributed by atoms with Gasteiger partial charge >= 0.3 is 0 Å². The first-order valence-electron chi connectivity index (χ1n) is 3.41. The van der Waals surface area contributed by atoms with Crippen LogP contribution < -0.4 is 0 Å². The average molecular weight is 164 g/mol. The summed E-state index contributed by atoms with van der Waals surface area (Å²) < 4.78 is 4.68. The molecule has 11 heavy (non-hydrogen) atoms. The highest BCUT2D eigenvalue weighted by Crippen LogP contribution is 2.18. The first-order chi connectivity index (χ1) is 5.04. The molecule has 0 radical (unpaired) electrons. The Hall–Kier alpha value is -0.200. The molecule has 1 heterocycles. The number of hydrogen-bond donors (Lipinski definition) is 4. The van der Waals surface area contributed by atoms with Crippen molar-refractivity contribution < 1.29 is 25.2 Å². The average Bonchev–Trinajstić information content (AvgIpc) is 1.97. The van der Waals surface area contributed by atoms with Crippen LogP contribution in [0.3, 0.4) is 0 Å². The van der Waals surface area contributed by atoms with E-state index in [9.17, 15) is 0 Å². The van der Waals surface area contributed by atoms with Gasteiger partial charge in [0, 0.05) is 0 Å². The molecule has 0 aromatic rings. The van der Waals surface area contributed by atoms with Crippen LogP contribution in [0.2, 0.25) is 0 Å². The van der Waals surface area contributed by atoms with Gasteiger partial charge in [-0.3, -0.25) is 0 Å². The molecule has 5 nitrogen and oxygen atoms in total. The molecule has 0 aliphatic carbocycles. The SMILES string of the molecule is C[C@H]1OC(O)[C@@H](O)[C@H](O)C1O. The van der Waals surface area contributed by atoms with E-state index in [0.29, 0.717) is 0 Å². The highest BCUT2D eigenvalue weighted by Gasteiger charge is 2.40. The van der Waals surface area contributed by atoms with Crippen molar-refractivity contribution in [1.82, 2.24) is 0 Å². The number of ether oxygens (including phenoxy) is 1. The van der Waals surface area contributed by atoms with Crippen LogP contribution in [0, 0.1) is 0 Å². The van der Waals surface area contributed by atoms with Crippen LogP contribution in [-0.2, 0) is 4.74 Å². The molecule has 1 aliphatic rings. The summed E-state index contributed by atoms with van der Waals surface area (Å²) in [6.45, 7) is 1.50. The predicted molar refractivity (Wildman–Crippen MR) is 34.6 cm³/mol. The van der Waals surface area contributed by atoms with Gasteiger partial charge in [0.2, 0.25) is 0 Å². The molecule has 0 amide bonds. The van der Waals surface area contributed by atoms with Gasteiger partial charge in [0.15, 0.2) is 6.29 Å². The zero-order chi connectivity index (χ0) is 8.59. The molecule has 1 saturated heterocycles. The van der Waals surface area contributed by atoms with Gasteiger partial charge in [0.1, 0.15) is 18.3 Å². The molecule has 0 saturated carbocycles. The Kier molecular flexibility index (Phi) is 2.46. The van der Waals surface area contributed by atoms with Crippen LogP contribution in [0.4, 0.5) is 0 Å². The Labute approximate surface area is 63.8 Å². The van der Waals surface area contributed by atoms with Crippen molar-refractivity contribution in [2.75, 3.05) is 0 Å². The predicted octanol–water partition coefficient (Wildman–Crippen LogP) is -2.19. The maximum absolute atomic E-state index is 9.09. The second-order valence-electron chi connectivity index (χ2n) is 2.70. The van der Waals surface area contributed by atoms with Crippen molar-refractivity contribution in [3.63, 3.8) is 0 Å². The lowest BCUT2D eigenvalue weighted by molar-refractivity contribution is -0.277. The van der Waals surface area contributed by atoms with Gasteiger partial charge in [-0.25, -0.2) is 0 Å². The molecule has 4 N–H and O–H groups in total. The number of rotatable bonds is 0. The van der Waals surface area contributed by atoms with Crippen molar-refractivity contribution in [3.05, 3.63) is 0 Å². The zero-order valence-corrected chi connectivity index (χ0v) is 6.08. The maximum atomic E-state index is 9.09. The number of aliphatic hydroxyl groups is 4. The van der Waals surface area contributed by atoms with E-state index in [1.54, 1.807) is 0 Å². The summed E-state index contributed by atoms with van der Waals surface area (Å²) in [6.07, 6.45) is -5.99. The van der Waals surface area contributed by atoms with Gasteiger partial charge in [0.25, 0.3) is 0 Å². The van der Waals surface area contributed by atoms with Gasteiger partial charge in [-0.15, -0.1) is 0 Å². The highest BCUT2D eigenvalue weighted by molar-refractivity contribution is 4.86. The third-order valence-electron chi connectivity index (χ3n) is 1.83. The number of hydrogen-bond acceptors (Lipinski definition) is 5. The smallest absolute Gasteiger partial charge is 0.183 e. The third kappa shape index (κ3) is 1.52. The molecule has 5 heteroatoms. The molecule has 2 unspecified atom stereocenters. The van der Waals surface area contributed by atoms with Crippen LogP contribution in [-0.4, -0.2) is 51.1 Å². The van der Waals surface area contributed by atoms with Crippen molar-refractivity contribution in [2.45, 2.75) is 37.6 Å². The fourth-order valence-corrected chi connectivity index (χ4v) is 1.03. The lowest BCUT2D eigenvalue weighted by Gasteiger charge is -2.36. The van der Waals surface area contributed by atoms with E-state index in [1.165, 1.54) is 6.92 Å². The van der Waals surface area contributed by atoms with E-state index >= 15 is 0 Å². The lowest BCUT2D eigenvalue weighted by atomic mass is 10.0. The molecule has 1 rings (SSSR count). The molecule has 1 fully saturated rings. The summed E-state index contributed by atoms with van der Waals surface area (Å²) in [5.41, 5.74) is 0. The van der Waals surface area contributed by atoms with Gasteiger partial charge in [0.05, 0.1) is 6.10 Å². The summed E-state index contributed by atoms with van der Waals surface area (Å²) in [5, 5.41) is 36.0. The molecule has 1 aliphatic heterocycles. The minimum atomic E-state index is -1.43. The van der Waals surface area contributed by atoms with Gasteiger partial charge in [-0.05, 0) is 6.92 Å². The fourth-order valence-electron chi connectivity index (χ4n) is 1.03. The summed E-state index contributed by atoms with van der Waals surface area (Å²) in [7, 11) is 0. The second kappa shape index (κ2) is 3.04. The van der Waals surface area contributed by atoms with Crippen molar-refractivity contribution in [3.8, 4) is 0 Å². The van der Waals surface area contributed by atoms with E-state index in [4.69, 9.17) is 20.4 Å². The molecule has 0 aromatic carbocycles. The topological polar surface area (TPSA) is 90.2 Å². The van der Waals surface area contributed by atoms with E-state index in [0.717, 1.165) is 0 Å². The largest absolute Gasteiger partial charge is 0.388 e. The normalized spacial score (nSPS) is 52.6. The van der Waals surface area contributed by atoms with Crippen LogP contribution in [0.5, 0.6) is 0 Å². The quantitative estimate of drug-likeness (QED) is 0.326. The molecule has 0 spiro atoms. The maximum Gasteiger partial charge on any atom is 0.183 e. The van der Waals surface area contributed by atoms with Gasteiger partial charge in [-0.2, -0.15) is 0 Å². The van der Waals surface area contributed by atoms with E-state index in [1.807, 2.05) is 0 Å². The van der Waals surface area contributed by atoms with Crippen LogP contribution in [0.15, 0.2) is 0 Å². The summed E-state index contributed by atoms with van der Waals surface area (Å²) in [6, 6.07) is 0. The van der Waals surface area contributed by atoms with Gasteiger partial charge in [-0.1, -0.05) is 0 Å². The first kappa shape index (κ1) is 8.89. The zero-order valence-electron chi connectivity index (χ0n) is 6.08. The molecular formula is C6H12O5. The molecule has 66 valence electrons. The fraction of sp³-hybridized carbons (Fsp3) is 1.00. The van der Waals surface area contributed by atoms with Crippen LogP contribution >= 0.6 is 0 Å². The van der Waals surface area contributed by atoms with Gasteiger partial charge < -0.3 is 25.2 Å². The summed E-state index contributed by atoms with van der Waals surface area (Å²) >= 11 is 0. The Morgan fingerprint density at radius 2 is 1.45 bits per heavy atom. The molecular weight excluding hydrogens is 152 g/mol. The minimum Gasteiger partial charge on any atom is -0.388 e. The molecule has 0 bridgehead atoms. The molecule has 5 atom stereocenters. The summed E-state index contributed by atoms with van der Waals surface area (Å²) in [4.78, 5) is 0. The van der Waals surface area contributed by atoms with Crippen molar-refractivity contribution in [2.24, 2.45) is 0 Å². The molecule has 0 aromatic heterocycles. The summed E-state index contributed by atoms with van der Waals surface area (Å²) in [5.74, 6) is 0. The Balaban J connectivity index is 2.63. The van der Waals surface area contributed by atoms with E-state index < -0.39 is 30.7 Å². The highest BCUT2D eigenvalue weighted by atomic mass is 16.6. The monoisotopic (exact) mass is 164 g/mol. The first-order valence-corrected chi connectivity index (χ1v) is 3.41. The Bertz CT molecular complexity index is 125. The van der Waals surface area contributed by atoms with Crippen molar-refractivity contribution >= 4 is 0 Å². The van der Waals surface area contributed by atoms with E-state index in [-0.39, 0.29) is 0 Å². The minimum absolute atomic E-state index is 0.664. The van der Waals surface area contributed by atoms with Crippen LogP contribution in [0.25, 0.3) is 0 Å².